The summed E-state index contributed by atoms with van der Waals surface area (Å²) in [5, 5.41) is 6.58. The van der Waals surface area contributed by atoms with Gasteiger partial charge in [0.05, 0.1) is 11.9 Å². The number of ketones is 1. The van der Waals surface area contributed by atoms with Gasteiger partial charge in [0.2, 0.25) is 5.13 Å². The van der Waals surface area contributed by atoms with Crippen LogP contribution in [0.3, 0.4) is 0 Å². The highest BCUT2D eigenvalue weighted by Crippen LogP contribution is 2.25. The van der Waals surface area contributed by atoms with Crippen molar-refractivity contribution in [2.24, 2.45) is 5.10 Å². The lowest BCUT2D eigenvalue weighted by Gasteiger charge is -2.02. The predicted octanol–water partition coefficient (Wildman–Crippen LogP) is 4.18. The highest BCUT2D eigenvalue weighted by Gasteiger charge is 2.05. The molecule has 0 aliphatic carbocycles. The second kappa shape index (κ2) is 7.23. The Hall–Kier alpha value is -3.06. The number of carbonyl (C=O) groups is 1. The minimum atomic E-state index is -0.282. The summed E-state index contributed by atoms with van der Waals surface area (Å²) in [4.78, 5) is 15.7. The molecule has 2 aromatic carbocycles. The van der Waals surface area contributed by atoms with E-state index in [4.69, 9.17) is 5.73 Å². The average molecular weight is 354 g/mol. The fraction of sp³-hybridized carbons (Fsp3) is 0.0556. The zero-order valence-corrected chi connectivity index (χ0v) is 14.2. The standard InChI is InChI=1S/C18H15FN4OS/c1-11(24)13-2-3-14(16(20)8-13)9-21-23-18-22-17(10-25-18)12-4-6-15(19)7-5-12/h2-10H,20H2,1H3,(H,22,23). The summed E-state index contributed by atoms with van der Waals surface area (Å²) in [5.74, 6) is -0.320. The first-order valence-corrected chi connectivity index (χ1v) is 8.32. The zero-order valence-electron chi connectivity index (χ0n) is 13.4. The topological polar surface area (TPSA) is 80.4 Å². The Labute approximate surface area is 148 Å². The fourth-order valence-corrected chi connectivity index (χ4v) is 2.82. The van der Waals surface area contributed by atoms with Gasteiger partial charge < -0.3 is 5.73 Å². The predicted molar refractivity (Wildman–Crippen MR) is 99.6 cm³/mol. The molecule has 3 aromatic rings. The van der Waals surface area contributed by atoms with E-state index in [1.807, 2.05) is 5.38 Å². The molecule has 1 heterocycles. The van der Waals surface area contributed by atoms with E-state index in [1.54, 1.807) is 36.5 Å². The van der Waals surface area contributed by atoms with Crippen LogP contribution in [-0.4, -0.2) is 17.0 Å². The molecule has 0 radical (unpaired) electrons. The highest BCUT2D eigenvalue weighted by molar-refractivity contribution is 7.14. The van der Waals surface area contributed by atoms with Crippen molar-refractivity contribution in [2.45, 2.75) is 6.92 Å². The minimum Gasteiger partial charge on any atom is -0.398 e. The van der Waals surface area contributed by atoms with E-state index in [0.717, 1.165) is 11.3 Å². The van der Waals surface area contributed by atoms with E-state index in [-0.39, 0.29) is 11.6 Å². The van der Waals surface area contributed by atoms with Crippen LogP contribution in [0.2, 0.25) is 0 Å². The molecule has 7 heteroatoms. The first kappa shape index (κ1) is 16.8. The fourth-order valence-electron chi connectivity index (χ4n) is 2.15. The summed E-state index contributed by atoms with van der Waals surface area (Å²) in [6.45, 7) is 1.49. The van der Waals surface area contributed by atoms with Gasteiger partial charge in [-0.25, -0.2) is 9.37 Å². The Morgan fingerprint density at radius 3 is 2.72 bits per heavy atom. The molecule has 0 saturated carbocycles. The average Bonchev–Trinajstić information content (AvgIpc) is 3.05. The number of hydrogen-bond acceptors (Lipinski definition) is 6. The smallest absolute Gasteiger partial charge is 0.203 e. The summed E-state index contributed by atoms with van der Waals surface area (Å²) in [7, 11) is 0. The zero-order chi connectivity index (χ0) is 17.8. The van der Waals surface area contributed by atoms with Crippen molar-refractivity contribution in [2.75, 3.05) is 11.2 Å². The maximum absolute atomic E-state index is 13.0. The van der Waals surface area contributed by atoms with Gasteiger partial charge in [-0.2, -0.15) is 5.10 Å². The van der Waals surface area contributed by atoms with Crippen LogP contribution in [0.25, 0.3) is 11.3 Å². The maximum Gasteiger partial charge on any atom is 0.203 e. The molecule has 3 N–H and O–H groups in total. The minimum absolute atomic E-state index is 0.0376. The molecular weight excluding hydrogens is 339 g/mol. The SMILES string of the molecule is CC(=O)c1ccc(C=NNc2nc(-c3ccc(F)cc3)cs2)c(N)c1. The van der Waals surface area contributed by atoms with Crippen LogP contribution >= 0.6 is 11.3 Å². The Kier molecular flexibility index (Phi) is 4.85. The van der Waals surface area contributed by atoms with Gasteiger partial charge >= 0.3 is 0 Å². The van der Waals surface area contributed by atoms with Crippen LogP contribution in [0, 0.1) is 5.82 Å². The number of rotatable bonds is 5. The molecule has 1 aromatic heterocycles. The number of nitrogens with one attached hydrogen (secondary N) is 1. The Morgan fingerprint density at radius 2 is 2.04 bits per heavy atom. The molecule has 0 amide bonds. The molecule has 0 fully saturated rings. The molecule has 126 valence electrons. The molecule has 5 nitrogen and oxygen atoms in total. The summed E-state index contributed by atoms with van der Waals surface area (Å²) < 4.78 is 13.0. The first-order chi connectivity index (χ1) is 12.0. The summed E-state index contributed by atoms with van der Waals surface area (Å²) in [6.07, 6.45) is 1.57. The van der Waals surface area contributed by atoms with Crippen molar-refractivity contribution < 1.29 is 9.18 Å². The normalized spacial score (nSPS) is 11.0. The van der Waals surface area contributed by atoms with Crippen molar-refractivity contribution in [1.82, 2.24) is 4.98 Å². The van der Waals surface area contributed by atoms with Crippen LogP contribution in [0.1, 0.15) is 22.8 Å². The number of nitrogen functional groups attached to an aromatic ring is 1. The van der Waals surface area contributed by atoms with Crippen LogP contribution in [0.4, 0.5) is 15.2 Å². The van der Waals surface area contributed by atoms with E-state index in [1.165, 1.54) is 30.4 Å². The third-order valence-corrected chi connectivity index (χ3v) is 4.25. The number of anilines is 2. The first-order valence-electron chi connectivity index (χ1n) is 7.44. The van der Waals surface area contributed by atoms with Crippen LogP contribution < -0.4 is 11.2 Å². The Balaban J connectivity index is 1.69. The molecular formula is C18H15FN4OS. The number of hydrazone groups is 1. The van der Waals surface area contributed by atoms with Gasteiger partial charge in [0.25, 0.3) is 0 Å². The third-order valence-electron chi connectivity index (χ3n) is 3.50. The van der Waals surface area contributed by atoms with E-state index >= 15 is 0 Å². The second-order valence-electron chi connectivity index (χ2n) is 5.31. The van der Waals surface area contributed by atoms with Gasteiger partial charge in [0, 0.05) is 27.8 Å². The van der Waals surface area contributed by atoms with E-state index in [0.29, 0.717) is 21.9 Å². The molecule has 0 spiro atoms. The van der Waals surface area contributed by atoms with Crippen molar-refractivity contribution in [3.63, 3.8) is 0 Å². The molecule has 0 bridgehead atoms. The number of carbonyl (C=O) groups excluding carboxylic acids is 1. The van der Waals surface area contributed by atoms with Gasteiger partial charge in [0.15, 0.2) is 5.78 Å². The molecule has 25 heavy (non-hydrogen) atoms. The number of nitrogens with two attached hydrogens (primary N) is 1. The summed E-state index contributed by atoms with van der Waals surface area (Å²) in [6, 6.07) is 11.2. The van der Waals surface area contributed by atoms with E-state index in [9.17, 15) is 9.18 Å². The lowest BCUT2D eigenvalue weighted by atomic mass is 10.1. The van der Waals surface area contributed by atoms with E-state index < -0.39 is 0 Å². The van der Waals surface area contributed by atoms with Crippen LogP contribution in [0.15, 0.2) is 52.9 Å². The van der Waals surface area contributed by atoms with Crippen molar-refractivity contribution >= 4 is 34.2 Å². The molecule has 3 rings (SSSR count). The van der Waals surface area contributed by atoms with Crippen molar-refractivity contribution in [3.8, 4) is 11.3 Å². The van der Waals surface area contributed by atoms with Crippen LogP contribution in [-0.2, 0) is 0 Å². The number of benzene rings is 2. The summed E-state index contributed by atoms with van der Waals surface area (Å²) >= 11 is 1.39. The third kappa shape index (κ3) is 4.07. The van der Waals surface area contributed by atoms with Gasteiger partial charge in [-0.3, -0.25) is 10.2 Å². The number of thiazole rings is 1. The quantitative estimate of drug-likeness (QED) is 0.312. The molecule has 0 aliphatic rings. The monoisotopic (exact) mass is 354 g/mol. The molecule has 0 unspecified atom stereocenters. The number of aromatic nitrogens is 1. The number of hydrogen-bond donors (Lipinski definition) is 2. The summed E-state index contributed by atoms with van der Waals surface area (Å²) in [5.41, 5.74) is 12.1. The van der Waals surface area contributed by atoms with Gasteiger partial charge in [-0.05, 0) is 37.3 Å². The van der Waals surface area contributed by atoms with Gasteiger partial charge in [-0.1, -0.05) is 12.1 Å². The Morgan fingerprint density at radius 1 is 1.28 bits per heavy atom. The number of Topliss-reactive ketones (excluding diaryl/α,β-unsaturated/α-hetero) is 1. The second-order valence-corrected chi connectivity index (χ2v) is 6.17. The lowest BCUT2D eigenvalue weighted by molar-refractivity contribution is 0.101. The van der Waals surface area contributed by atoms with Crippen LogP contribution in [0.5, 0.6) is 0 Å². The number of nitrogens with zero attached hydrogens (tertiary/aromatic N) is 2. The molecule has 0 atom stereocenters. The van der Waals surface area contributed by atoms with Gasteiger partial charge in [0.1, 0.15) is 5.82 Å². The van der Waals surface area contributed by atoms with E-state index in [2.05, 4.69) is 15.5 Å². The number of halogens is 1. The van der Waals surface area contributed by atoms with Crippen molar-refractivity contribution in [1.29, 1.82) is 0 Å². The highest BCUT2D eigenvalue weighted by atomic mass is 32.1. The van der Waals surface area contributed by atoms with Crippen molar-refractivity contribution in [3.05, 3.63) is 64.8 Å². The molecule has 0 saturated heterocycles. The van der Waals surface area contributed by atoms with Gasteiger partial charge in [-0.15, -0.1) is 11.3 Å². The lowest BCUT2D eigenvalue weighted by Crippen LogP contribution is -1.99. The maximum atomic E-state index is 13.0. The largest absolute Gasteiger partial charge is 0.398 e. The molecule has 0 aliphatic heterocycles. The Bertz CT molecular complexity index is 935.